The van der Waals surface area contributed by atoms with Crippen LogP contribution < -0.4 is 5.11 Å². The molecule has 2 aromatic rings. The fraction of sp³-hybridized carbons (Fsp3) is 0.235. The van der Waals surface area contributed by atoms with E-state index in [-0.39, 0.29) is 5.92 Å². The van der Waals surface area contributed by atoms with Crippen molar-refractivity contribution in [3.05, 3.63) is 59.7 Å². The van der Waals surface area contributed by atoms with Crippen LogP contribution in [0.5, 0.6) is 0 Å². The highest BCUT2D eigenvalue weighted by molar-refractivity contribution is 5.78. The van der Waals surface area contributed by atoms with Gasteiger partial charge in [0.05, 0.1) is 0 Å². The van der Waals surface area contributed by atoms with Crippen LogP contribution in [0, 0.1) is 0 Å². The number of nitrogens with zero attached hydrogens (tertiary/aromatic N) is 1. The van der Waals surface area contributed by atoms with Crippen LogP contribution in [0.25, 0.3) is 11.1 Å². The van der Waals surface area contributed by atoms with Gasteiger partial charge in [0.25, 0.3) is 0 Å². The van der Waals surface area contributed by atoms with Crippen molar-refractivity contribution in [1.29, 1.82) is 0 Å². The zero-order valence-corrected chi connectivity index (χ0v) is 11.4. The monoisotopic (exact) mass is 266 g/mol. The number of rotatable bonds is 3. The van der Waals surface area contributed by atoms with Crippen LogP contribution in [0.1, 0.15) is 24.0 Å². The summed E-state index contributed by atoms with van der Waals surface area (Å²) in [5.41, 5.74) is 4.91. The van der Waals surface area contributed by atoms with E-state index in [1.807, 2.05) is 31.2 Å². The lowest BCUT2D eigenvalue weighted by Gasteiger charge is -2.20. The molecule has 0 fully saturated rings. The topological polar surface area (TPSA) is 44.7 Å². The van der Waals surface area contributed by atoms with Crippen molar-refractivity contribution < 1.29 is 9.84 Å². The molecule has 3 heteroatoms. The maximum Gasteiger partial charge on any atom is 0.145 e. The minimum atomic E-state index is -0.477. The minimum absolute atomic E-state index is 0.110. The molecule has 0 heterocycles. The van der Waals surface area contributed by atoms with Crippen molar-refractivity contribution in [2.75, 3.05) is 13.2 Å². The van der Waals surface area contributed by atoms with E-state index in [0.29, 0.717) is 13.2 Å². The highest BCUT2D eigenvalue weighted by Crippen LogP contribution is 2.44. The lowest BCUT2D eigenvalue weighted by Crippen LogP contribution is -2.24. The zero-order valence-electron chi connectivity index (χ0n) is 11.4. The maximum atomic E-state index is 11.4. The first-order valence-corrected chi connectivity index (χ1v) is 6.83. The van der Waals surface area contributed by atoms with E-state index in [1.165, 1.54) is 22.3 Å². The van der Waals surface area contributed by atoms with Gasteiger partial charge in [0.2, 0.25) is 0 Å². The van der Waals surface area contributed by atoms with Gasteiger partial charge in [0.15, 0.2) is 0 Å². The molecule has 3 rings (SSSR count). The predicted molar refractivity (Wildman–Crippen MR) is 77.6 cm³/mol. The van der Waals surface area contributed by atoms with Crippen LogP contribution in [-0.2, 0) is 4.74 Å². The summed E-state index contributed by atoms with van der Waals surface area (Å²) in [4.78, 5) is 3.74. The third-order valence-electron chi connectivity index (χ3n) is 3.62. The summed E-state index contributed by atoms with van der Waals surface area (Å²) in [6.45, 7) is 2.62. The summed E-state index contributed by atoms with van der Waals surface area (Å²) >= 11 is 0. The molecule has 0 radical (unpaired) electrons. The second-order valence-electron chi connectivity index (χ2n) is 4.78. The molecule has 0 saturated heterocycles. The van der Waals surface area contributed by atoms with Crippen molar-refractivity contribution in [3.8, 4) is 11.1 Å². The summed E-state index contributed by atoms with van der Waals surface area (Å²) in [5, 5.41) is 11.4. The Morgan fingerprint density at radius 2 is 1.60 bits per heavy atom. The van der Waals surface area contributed by atoms with Gasteiger partial charge in [-0.15, -0.1) is 0 Å². The first kappa shape index (κ1) is 12.7. The van der Waals surface area contributed by atoms with Crippen LogP contribution in [0.15, 0.2) is 53.5 Å². The molecule has 3 nitrogen and oxygen atoms in total. The van der Waals surface area contributed by atoms with Crippen molar-refractivity contribution in [2.45, 2.75) is 12.8 Å². The lowest BCUT2D eigenvalue weighted by molar-refractivity contribution is -0.251. The summed E-state index contributed by atoms with van der Waals surface area (Å²) in [5.74, 6) is 0.110. The van der Waals surface area contributed by atoms with Crippen molar-refractivity contribution in [2.24, 2.45) is 4.99 Å². The molecular weight excluding hydrogens is 250 g/mol. The van der Waals surface area contributed by atoms with Gasteiger partial charge < -0.3 is 9.84 Å². The van der Waals surface area contributed by atoms with Gasteiger partial charge in [-0.05, 0) is 29.2 Å². The first-order chi connectivity index (χ1) is 9.81. The Morgan fingerprint density at radius 3 is 2.15 bits per heavy atom. The Balaban J connectivity index is 1.93. The van der Waals surface area contributed by atoms with Gasteiger partial charge in [-0.25, -0.2) is 0 Å². The third kappa shape index (κ3) is 2.16. The number of fused-ring (bicyclic) bond motifs is 3. The smallest absolute Gasteiger partial charge is 0.145 e. The largest absolute Gasteiger partial charge is 0.599 e. The number of aliphatic imine (C=N–C) groups is 1. The molecule has 2 aromatic carbocycles. The molecule has 102 valence electrons. The number of hydrogen-bond donors (Lipinski definition) is 0. The molecule has 0 aliphatic heterocycles. The van der Waals surface area contributed by atoms with E-state index < -0.39 is 6.08 Å². The zero-order chi connectivity index (χ0) is 13.9. The van der Waals surface area contributed by atoms with E-state index in [2.05, 4.69) is 29.3 Å². The molecule has 0 amide bonds. The molecule has 1 aliphatic carbocycles. The number of ether oxygens (including phenoxy) is 1. The summed E-state index contributed by atoms with van der Waals surface area (Å²) in [6.07, 6.45) is -0.477. The molecule has 20 heavy (non-hydrogen) atoms. The van der Waals surface area contributed by atoms with E-state index in [0.717, 1.165) is 0 Å². The fourth-order valence-corrected chi connectivity index (χ4v) is 2.77. The highest BCUT2D eigenvalue weighted by atomic mass is 16.6. The molecule has 0 saturated carbocycles. The van der Waals surface area contributed by atoms with Crippen LogP contribution in [0.2, 0.25) is 0 Å². The number of hydrogen-bond acceptors (Lipinski definition) is 3. The standard InChI is InChI=1S/C17H17NO2/c1-2-18-17(19)20-11-16-14-9-5-3-7-12(14)13-8-4-6-10-15(13)16/h3-10,16H,2,11H2,1H3,(H,18,19)/p-1. The normalized spacial score (nSPS) is 13.9. The SMILES string of the molecule is CCN=C([O-])OCC1c2ccccc2-c2ccccc21. The Hall–Kier alpha value is -2.29. The van der Waals surface area contributed by atoms with E-state index in [9.17, 15) is 5.11 Å². The van der Waals surface area contributed by atoms with E-state index in [4.69, 9.17) is 4.74 Å². The second kappa shape index (κ2) is 5.37. The van der Waals surface area contributed by atoms with Crippen molar-refractivity contribution in [1.82, 2.24) is 0 Å². The Labute approximate surface area is 118 Å². The average Bonchev–Trinajstić information content (AvgIpc) is 2.80. The molecule has 0 unspecified atom stereocenters. The lowest BCUT2D eigenvalue weighted by atomic mass is 9.98. The van der Waals surface area contributed by atoms with Gasteiger partial charge in [0.1, 0.15) is 6.08 Å². The quantitative estimate of drug-likeness (QED) is 0.633. The maximum absolute atomic E-state index is 11.4. The number of benzene rings is 2. The summed E-state index contributed by atoms with van der Waals surface area (Å²) in [7, 11) is 0. The van der Waals surface area contributed by atoms with Crippen LogP contribution in [-0.4, -0.2) is 19.2 Å². The van der Waals surface area contributed by atoms with Gasteiger partial charge >= 0.3 is 0 Å². The Bertz CT molecular complexity index is 603. The molecule has 0 spiro atoms. The third-order valence-corrected chi connectivity index (χ3v) is 3.62. The van der Waals surface area contributed by atoms with Gasteiger partial charge in [-0.3, -0.25) is 4.99 Å². The summed E-state index contributed by atoms with van der Waals surface area (Å²) in [6, 6.07) is 16.6. The molecule has 0 atom stereocenters. The first-order valence-electron chi connectivity index (χ1n) is 6.83. The minimum Gasteiger partial charge on any atom is -0.599 e. The molecule has 1 aliphatic rings. The summed E-state index contributed by atoms with van der Waals surface area (Å²) < 4.78 is 5.27. The van der Waals surface area contributed by atoms with Crippen LogP contribution in [0.4, 0.5) is 0 Å². The van der Waals surface area contributed by atoms with Gasteiger partial charge in [-0.2, -0.15) is 0 Å². The van der Waals surface area contributed by atoms with Gasteiger partial charge in [-0.1, -0.05) is 48.5 Å². The van der Waals surface area contributed by atoms with E-state index in [1.54, 1.807) is 0 Å². The Morgan fingerprint density at radius 1 is 1.05 bits per heavy atom. The second-order valence-corrected chi connectivity index (χ2v) is 4.78. The van der Waals surface area contributed by atoms with E-state index >= 15 is 0 Å². The fourth-order valence-electron chi connectivity index (χ4n) is 2.77. The molecule has 0 N–H and O–H groups in total. The molecule has 0 bridgehead atoms. The highest BCUT2D eigenvalue weighted by Gasteiger charge is 2.26. The predicted octanol–water partition coefficient (Wildman–Crippen LogP) is 2.55. The van der Waals surface area contributed by atoms with Crippen LogP contribution in [0.3, 0.4) is 0 Å². The van der Waals surface area contributed by atoms with Crippen LogP contribution >= 0.6 is 0 Å². The van der Waals surface area contributed by atoms with Crippen molar-refractivity contribution >= 4 is 6.08 Å². The average molecular weight is 266 g/mol. The van der Waals surface area contributed by atoms with Gasteiger partial charge in [0, 0.05) is 19.1 Å². The molecular formula is C17H16NO2-. The molecule has 0 aromatic heterocycles. The Kier molecular flexibility index (Phi) is 3.42. The van der Waals surface area contributed by atoms with Crippen molar-refractivity contribution in [3.63, 3.8) is 0 Å².